The Morgan fingerprint density at radius 3 is 2.50 bits per heavy atom. The summed E-state index contributed by atoms with van der Waals surface area (Å²) in [5.41, 5.74) is 2.02. The smallest absolute Gasteiger partial charge is 0.350 e. The molecule has 156 valence electrons. The van der Waals surface area contributed by atoms with Crippen LogP contribution in [0.3, 0.4) is 0 Å². The summed E-state index contributed by atoms with van der Waals surface area (Å²) >= 11 is 0. The molecule has 6 nitrogen and oxygen atoms in total. The molecule has 0 saturated carbocycles. The van der Waals surface area contributed by atoms with Crippen LogP contribution in [-0.2, 0) is 28.9 Å². The van der Waals surface area contributed by atoms with Crippen LogP contribution in [0.2, 0.25) is 0 Å². The highest BCUT2D eigenvalue weighted by Gasteiger charge is 2.38. The summed E-state index contributed by atoms with van der Waals surface area (Å²) in [7, 11) is 0. The monoisotopic (exact) mass is 416 g/mol. The molecule has 1 aromatic heterocycles. The minimum atomic E-state index is -4.66. The normalized spacial score (nSPS) is 14.5. The van der Waals surface area contributed by atoms with E-state index in [1.54, 1.807) is 41.3 Å². The number of fused-ring (bicyclic) bond motifs is 1. The van der Waals surface area contributed by atoms with E-state index in [9.17, 15) is 22.8 Å². The van der Waals surface area contributed by atoms with Crippen LogP contribution >= 0.6 is 0 Å². The number of amides is 2. The lowest BCUT2D eigenvalue weighted by molar-refractivity contribution is -0.147. The zero-order valence-electron chi connectivity index (χ0n) is 15.9. The number of hydrogen-bond donors (Lipinski definition) is 1. The van der Waals surface area contributed by atoms with Crippen molar-refractivity contribution in [3.8, 4) is 0 Å². The Kier molecular flexibility index (Phi) is 5.19. The first-order chi connectivity index (χ1) is 14.3. The van der Waals surface area contributed by atoms with Gasteiger partial charge in [0, 0.05) is 25.2 Å². The molecule has 2 amide bonds. The first kappa shape index (κ1) is 19.9. The molecule has 2 heterocycles. The van der Waals surface area contributed by atoms with E-state index in [-0.39, 0.29) is 23.5 Å². The number of hydrogen-bond acceptors (Lipinski definition) is 3. The highest BCUT2D eigenvalue weighted by atomic mass is 19.4. The van der Waals surface area contributed by atoms with E-state index in [1.165, 1.54) is 12.1 Å². The Labute approximate surface area is 170 Å². The van der Waals surface area contributed by atoms with E-state index in [1.807, 2.05) is 0 Å². The predicted octanol–water partition coefficient (Wildman–Crippen LogP) is 3.50. The van der Waals surface area contributed by atoms with E-state index in [4.69, 9.17) is 0 Å². The number of anilines is 1. The predicted molar refractivity (Wildman–Crippen MR) is 105 cm³/mol. The van der Waals surface area contributed by atoms with Crippen LogP contribution in [0.4, 0.5) is 18.9 Å². The fourth-order valence-electron chi connectivity index (χ4n) is 3.57. The molecule has 4 rings (SSSR count). The van der Waals surface area contributed by atoms with Crippen molar-refractivity contribution < 1.29 is 22.8 Å². The molecule has 1 saturated heterocycles. The maximum atomic E-state index is 13.3. The molecule has 9 heteroatoms. The van der Waals surface area contributed by atoms with Crippen molar-refractivity contribution in [2.24, 2.45) is 0 Å². The highest BCUT2D eigenvalue weighted by Crippen LogP contribution is 2.31. The zero-order valence-corrected chi connectivity index (χ0v) is 15.9. The second-order valence-electron chi connectivity index (χ2n) is 7.10. The van der Waals surface area contributed by atoms with Gasteiger partial charge in [-0.3, -0.25) is 9.59 Å². The average Bonchev–Trinajstić information content (AvgIpc) is 3.31. The highest BCUT2D eigenvalue weighted by molar-refractivity contribution is 5.95. The van der Waals surface area contributed by atoms with E-state index in [2.05, 4.69) is 10.3 Å². The largest absolute Gasteiger partial charge is 0.449 e. The Hall–Kier alpha value is -3.36. The third-order valence-corrected chi connectivity index (χ3v) is 5.02. The number of nitrogens with zero attached hydrogens (tertiary/aromatic N) is 3. The maximum absolute atomic E-state index is 13.3. The van der Waals surface area contributed by atoms with Crippen LogP contribution in [0.25, 0.3) is 11.0 Å². The molecule has 1 aliphatic heterocycles. The second kappa shape index (κ2) is 7.81. The number of alkyl halides is 3. The van der Waals surface area contributed by atoms with Gasteiger partial charge in [-0.15, -0.1) is 0 Å². The van der Waals surface area contributed by atoms with Crippen molar-refractivity contribution in [3.05, 3.63) is 59.9 Å². The van der Waals surface area contributed by atoms with E-state index >= 15 is 0 Å². The van der Waals surface area contributed by atoms with Crippen LogP contribution in [0.5, 0.6) is 0 Å². The molecule has 30 heavy (non-hydrogen) atoms. The molecule has 0 spiro atoms. The van der Waals surface area contributed by atoms with Gasteiger partial charge in [0.1, 0.15) is 6.54 Å². The molecule has 0 bridgehead atoms. The number of para-hydroxylation sites is 2. The maximum Gasteiger partial charge on any atom is 0.449 e. The van der Waals surface area contributed by atoms with Crippen LogP contribution in [0.15, 0.2) is 48.5 Å². The molecule has 0 aliphatic carbocycles. The van der Waals surface area contributed by atoms with Crippen LogP contribution < -0.4 is 10.2 Å². The van der Waals surface area contributed by atoms with Gasteiger partial charge >= 0.3 is 6.18 Å². The number of benzene rings is 2. The fourth-order valence-corrected chi connectivity index (χ4v) is 3.57. The van der Waals surface area contributed by atoms with Crippen LogP contribution in [-0.4, -0.2) is 27.9 Å². The molecular formula is C21H19F3N4O2. The zero-order chi connectivity index (χ0) is 21.3. The summed E-state index contributed by atoms with van der Waals surface area (Å²) in [6, 6.07) is 13.4. The Balaban J connectivity index is 1.44. The summed E-state index contributed by atoms with van der Waals surface area (Å²) in [6.45, 7) is 0.367. The number of halogens is 3. The lowest BCUT2D eigenvalue weighted by Crippen LogP contribution is -2.29. The van der Waals surface area contributed by atoms with Crippen molar-refractivity contribution in [1.82, 2.24) is 14.9 Å². The topological polar surface area (TPSA) is 67.2 Å². The molecular weight excluding hydrogens is 397 g/mol. The van der Waals surface area contributed by atoms with Gasteiger partial charge in [-0.25, -0.2) is 4.98 Å². The quantitative estimate of drug-likeness (QED) is 0.692. The Morgan fingerprint density at radius 2 is 1.83 bits per heavy atom. The molecule has 3 aromatic rings. The van der Waals surface area contributed by atoms with Gasteiger partial charge in [-0.05, 0) is 36.2 Å². The third-order valence-electron chi connectivity index (χ3n) is 5.02. The van der Waals surface area contributed by atoms with Gasteiger partial charge in [0.25, 0.3) is 0 Å². The molecule has 1 aliphatic rings. The van der Waals surface area contributed by atoms with Gasteiger partial charge in [-0.2, -0.15) is 13.2 Å². The Bertz CT molecular complexity index is 1090. The summed E-state index contributed by atoms with van der Waals surface area (Å²) in [6.07, 6.45) is -3.29. The van der Waals surface area contributed by atoms with Gasteiger partial charge in [0.15, 0.2) is 0 Å². The number of carbonyl (C=O) groups excluding carboxylic acids is 2. The summed E-state index contributed by atoms with van der Waals surface area (Å²) in [5, 5.41) is 2.64. The number of carbonyl (C=O) groups is 2. The van der Waals surface area contributed by atoms with Gasteiger partial charge in [-0.1, -0.05) is 24.3 Å². The first-order valence-electron chi connectivity index (χ1n) is 9.51. The van der Waals surface area contributed by atoms with E-state index in [0.717, 1.165) is 22.2 Å². The summed E-state index contributed by atoms with van der Waals surface area (Å²) < 4.78 is 40.9. The third kappa shape index (κ3) is 4.00. The molecule has 0 atom stereocenters. The van der Waals surface area contributed by atoms with Crippen LogP contribution in [0, 0.1) is 0 Å². The van der Waals surface area contributed by atoms with E-state index < -0.39 is 24.5 Å². The van der Waals surface area contributed by atoms with Crippen molar-refractivity contribution in [3.63, 3.8) is 0 Å². The Morgan fingerprint density at radius 1 is 1.10 bits per heavy atom. The lowest BCUT2D eigenvalue weighted by atomic mass is 10.2. The van der Waals surface area contributed by atoms with E-state index in [0.29, 0.717) is 13.0 Å². The van der Waals surface area contributed by atoms with Crippen molar-refractivity contribution in [2.45, 2.75) is 32.1 Å². The molecule has 0 unspecified atom stereocenters. The number of aromatic nitrogens is 2. The van der Waals surface area contributed by atoms with Gasteiger partial charge < -0.3 is 14.8 Å². The summed E-state index contributed by atoms with van der Waals surface area (Å²) in [5.74, 6) is -1.56. The SMILES string of the molecule is O=C(Cn1c(C(F)(F)F)nc2ccccc21)NCc1ccc(N2CCCC2=O)cc1. The second-order valence-corrected chi connectivity index (χ2v) is 7.10. The molecule has 0 radical (unpaired) electrons. The number of nitrogens with one attached hydrogen (secondary N) is 1. The minimum Gasteiger partial charge on any atom is -0.350 e. The van der Waals surface area contributed by atoms with Crippen molar-refractivity contribution >= 4 is 28.5 Å². The fraction of sp³-hybridized carbons (Fsp3) is 0.286. The number of rotatable bonds is 5. The molecule has 1 fully saturated rings. The standard InChI is InChI=1S/C21H19F3N4O2/c22-21(23,24)20-26-16-4-1-2-5-17(16)28(20)13-18(29)25-12-14-7-9-15(10-8-14)27-11-3-6-19(27)30/h1-2,4-5,7-10H,3,6,11-13H2,(H,25,29). The molecule has 1 N–H and O–H groups in total. The number of imidazole rings is 1. The lowest BCUT2D eigenvalue weighted by Gasteiger charge is -2.16. The minimum absolute atomic E-state index is 0.0871. The summed E-state index contributed by atoms with van der Waals surface area (Å²) in [4.78, 5) is 29.5. The van der Waals surface area contributed by atoms with Gasteiger partial charge in [0.05, 0.1) is 11.0 Å². The van der Waals surface area contributed by atoms with Gasteiger partial charge in [0.2, 0.25) is 17.6 Å². The average molecular weight is 416 g/mol. The van der Waals surface area contributed by atoms with Crippen LogP contribution in [0.1, 0.15) is 24.2 Å². The molecule has 2 aromatic carbocycles. The first-order valence-corrected chi connectivity index (χ1v) is 9.51. The van der Waals surface area contributed by atoms with Crippen molar-refractivity contribution in [1.29, 1.82) is 0 Å². The van der Waals surface area contributed by atoms with Crippen molar-refractivity contribution in [2.75, 3.05) is 11.4 Å².